The summed E-state index contributed by atoms with van der Waals surface area (Å²) >= 11 is 1.34. The highest BCUT2D eigenvalue weighted by Gasteiger charge is 2.20. The summed E-state index contributed by atoms with van der Waals surface area (Å²) in [6.07, 6.45) is -0.986. The summed E-state index contributed by atoms with van der Waals surface area (Å²) < 4.78 is 5.33. The zero-order valence-electron chi connectivity index (χ0n) is 17.2. The number of rotatable bonds is 6. The number of amides is 2. The van der Waals surface area contributed by atoms with Gasteiger partial charge in [0.25, 0.3) is 11.8 Å². The molecule has 160 valence electrons. The molecule has 0 fully saturated rings. The third-order valence-electron chi connectivity index (χ3n) is 4.82. The number of thiophene rings is 1. The van der Waals surface area contributed by atoms with Gasteiger partial charge >= 0.3 is 5.97 Å². The Morgan fingerprint density at radius 3 is 2.34 bits per heavy atom. The molecule has 1 aromatic heterocycles. The zero-order valence-corrected chi connectivity index (χ0v) is 18.0. The summed E-state index contributed by atoms with van der Waals surface area (Å²) in [7, 11) is 0. The molecule has 0 radical (unpaired) electrons. The van der Waals surface area contributed by atoms with Crippen molar-refractivity contribution in [2.45, 2.75) is 13.0 Å². The molecular formula is C25H20N2O4S. The average Bonchev–Trinajstić information content (AvgIpc) is 3.35. The van der Waals surface area contributed by atoms with Crippen LogP contribution in [0.2, 0.25) is 0 Å². The number of anilines is 2. The van der Waals surface area contributed by atoms with Gasteiger partial charge in [0.1, 0.15) is 0 Å². The van der Waals surface area contributed by atoms with Gasteiger partial charge in [-0.15, -0.1) is 11.3 Å². The summed E-state index contributed by atoms with van der Waals surface area (Å²) in [4.78, 5) is 37.7. The highest BCUT2D eigenvalue weighted by Crippen LogP contribution is 2.23. The minimum Gasteiger partial charge on any atom is -0.449 e. The second-order valence-corrected chi connectivity index (χ2v) is 8.02. The lowest BCUT2D eigenvalue weighted by Gasteiger charge is -2.15. The molecular weight excluding hydrogens is 424 g/mol. The summed E-state index contributed by atoms with van der Waals surface area (Å²) in [6, 6.07) is 23.2. The molecule has 1 unspecified atom stereocenters. The topological polar surface area (TPSA) is 84.5 Å². The Morgan fingerprint density at radius 1 is 0.844 bits per heavy atom. The number of benzene rings is 3. The van der Waals surface area contributed by atoms with Crippen molar-refractivity contribution in [2.75, 3.05) is 10.6 Å². The van der Waals surface area contributed by atoms with Crippen molar-refractivity contribution >= 4 is 51.3 Å². The van der Waals surface area contributed by atoms with Gasteiger partial charge < -0.3 is 15.4 Å². The molecule has 2 N–H and O–H groups in total. The van der Waals surface area contributed by atoms with Crippen molar-refractivity contribution in [3.63, 3.8) is 0 Å². The Bertz CT molecular complexity index is 1260. The van der Waals surface area contributed by atoms with E-state index in [2.05, 4.69) is 10.6 Å². The number of carbonyl (C=O) groups excluding carboxylic acids is 3. The molecule has 1 atom stereocenters. The zero-order chi connectivity index (χ0) is 22.5. The number of esters is 1. The molecule has 0 bridgehead atoms. The van der Waals surface area contributed by atoms with E-state index in [1.807, 2.05) is 41.8 Å². The molecule has 7 heteroatoms. The lowest BCUT2D eigenvalue weighted by atomic mass is 10.1. The van der Waals surface area contributed by atoms with Crippen molar-refractivity contribution in [1.82, 2.24) is 0 Å². The van der Waals surface area contributed by atoms with Crippen LogP contribution in [-0.2, 0) is 9.53 Å². The SMILES string of the molecule is CC(OC(=O)c1ccc(NC(=O)c2cccs2)cc1)C(=O)Nc1cccc2ccccc12. The largest absolute Gasteiger partial charge is 0.449 e. The van der Waals surface area contributed by atoms with Crippen molar-refractivity contribution < 1.29 is 19.1 Å². The molecule has 4 rings (SSSR count). The van der Waals surface area contributed by atoms with E-state index < -0.39 is 18.0 Å². The number of nitrogens with one attached hydrogen (secondary N) is 2. The molecule has 1 heterocycles. The normalized spacial score (nSPS) is 11.5. The van der Waals surface area contributed by atoms with Crippen LogP contribution in [-0.4, -0.2) is 23.9 Å². The Hall–Kier alpha value is -3.97. The summed E-state index contributed by atoms with van der Waals surface area (Å²) in [5, 5.41) is 9.32. The van der Waals surface area contributed by atoms with Crippen LogP contribution < -0.4 is 10.6 Å². The van der Waals surface area contributed by atoms with Gasteiger partial charge in [-0.1, -0.05) is 42.5 Å². The lowest BCUT2D eigenvalue weighted by molar-refractivity contribution is -0.123. The van der Waals surface area contributed by atoms with Gasteiger partial charge in [0.15, 0.2) is 6.10 Å². The van der Waals surface area contributed by atoms with E-state index in [9.17, 15) is 14.4 Å². The van der Waals surface area contributed by atoms with E-state index in [4.69, 9.17) is 4.74 Å². The monoisotopic (exact) mass is 444 g/mol. The quantitative estimate of drug-likeness (QED) is 0.393. The molecule has 2 amide bonds. The highest BCUT2D eigenvalue weighted by molar-refractivity contribution is 7.12. The fourth-order valence-corrected chi connectivity index (χ4v) is 3.76. The maximum absolute atomic E-state index is 12.6. The third-order valence-corrected chi connectivity index (χ3v) is 5.69. The van der Waals surface area contributed by atoms with Crippen LogP contribution in [0.1, 0.15) is 27.0 Å². The first-order valence-electron chi connectivity index (χ1n) is 9.96. The van der Waals surface area contributed by atoms with Crippen LogP contribution in [0.3, 0.4) is 0 Å². The van der Waals surface area contributed by atoms with Gasteiger partial charge in [-0.25, -0.2) is 4.79 Å². The van der Waals surface area contributed by atoms with E-state index in [1.165, 1.54) is 18.3 Å². The molecule has 3 aromatic carbocycles. The summed E-state index contributed by atoms with van der Waals surface area (Å²) in [5.41, 5.74) is 1.49. The fourth-order valence-electron chi connectivity index (χ4n) is 3.14. The van der Waals surface area contributed by atoms with Crippen LogP contribution in [0.15, 0.2) is 84.2 Å². The molecule has 6 nitrogen and oxygen atoms in total. The summed E-state index contributed by atoms with van der Waals surface area (Å²) in [6.45, 7) is 1.52. The van der Waals surface area contributed by atoms with Gasteiger partial charge in [0.05, 0.1) is 10.4 Å². The Balaban J connectivity index is 1.36. The smallest absolute Gasteiger partial charge is 0.338 e. The van der Waals surface area contributed by atoms with Gasteiger partial charge in [0, 0.05) is 16.8 Å². The molecule has 32 heavy (non-hydrogen) atoms. The standard InChI is InChI=1S/C25H20N2O4S/c1-16(23(28)27-21-9-4-7-17-6-2-3-8-20(17)21)31-25(30)18-11-13-19(14-12-18)26-24(29)22-10-5-15-32-22/h2-16H,1H3,(H,26,29)(H,27,28). The molecule has 0 saturated heterocycles. The molecule has 4 aromatic rings. The first-order valence-corrected chi connectivity index (χ1v) is 10.8. The second kappa shape index (κ2) is 9.45. The Kier molecular flexibility index (Phi) is 6.28. The predicted molar refractivity (Wildman–Crippen MR) is 126 cm³/mol. The van der Waals surface area contributed by atoms with Crippen molar-refractivity contribution in [2.24, 2.45) is 0 Å². The first kappa shape index (κ1) is 21.3. The molecule has 0 aliphatic heterocycles. The van der Waals surface area contributed by atoms with Gasteiger partial charge in [-0.05, 0) is 54.1 Å². The Morgan fingerprint density at radius 2 is 1.59 bits per heavy atom. The third kappa shape index (κ3) is 4.84. The minimum absolute atomic E-state index is 0.214. The predicted octanol–water partition coefficient (Wildman–Crippen LogP) is 5.34. The number of hydrogen-bond acceptors (Lipinski definition) is 5. The van der Waals surface area contributed by atoms with E-state index in [0.717, 1.165) is 10.8 Å². The maximum atomic E-state index is 12.6. The molecule has 0 spiro atoms. The lowest BCUT2D eigenvalue weighted by Crippen LogP contribution is -2.30. The fraction of sp³-hybridized carbons (Fsp3) is 0.0800. The van der Waals surface area contributed by atoms with E-state index in [0.29, 0.717) is 16.3 Å². The number of fused-ring (bicyclic) bond motifs is 1. The van der Waals surface area contributed by atoms with Crippen molar-refractivity contribution in [3.05, 3.63) is 94.7 Å². The number of ether oxygens (including phenoxy) is 1. The van der Waals surface area contributed by atoms with E-state index in [1.54, 1.807) is 42.5 Å². The first-order chi connectivity index (χ1) is 15.5. The van der Waals surface area contributed by atoms with Gasteiger partial charge in [0.2, 0.25) is 0 Å². The highest BCUT2D eigenvalue weighted by atomic mass is 32.1. The molecule has 0 aliphatic rings. The summed E-state index contributed by atoms with van der Waals surface area (Å²) in [5.74, 6) is -1.26. The van der Waals surface area contributed by atoms with E-state index >= 15 is 0 Å². The van der Waals surface area contributed by atoms with Crippen LogP contribution in [0.4, 0.5) is 11.4 Å². The van der Waals surface area contributed by atoms with Gasteiger partial charge in [-0.3, -0.25) is 9.59 Å². The van der Waals surface area contributed by atoms with Crippen molar-refractivity contribution in [1.29, 1.82) is 0 Å². The van der Waals surface area contributed by atoms with Crippen LogP contribution in [0.5, 0.6) is 0 Å². The van der Waals surface area contributed by atoms with Crippen LogP contribution >= 0.6 is 11.3 Å². The maximum Gasteiger partial charge on any atom is 0.338 e. The second-order valence-electron chi connectivity index (χ2n) is 7.07. The van der Waals surface area contributed by atoms with Crippen molar-refractivity contribution in [3.8, 4) is 0 Å². The van der Waals surface area contributed by atoms with Gasteiger partial charge in [-0.2, -0.15) is 0 Å². The number of carbonyl (C=O) groups is 3. The number of hydrogen-bond donors (Lipinski definition) is 2. The molecule has 0 aliphatic carbocycles. The van der Waals surface area contributed by atoms with E-state index in [-0.39, 0.29) is 11.5 Å². The minimum atomic E-state index is -0.986. The Labute approximate surface area is 188 Å². The van der Waals surface area contributed by atoms with Crippen LogP contribution in [0, 0.1) is 0 Å². The molecule has 0 saturated carbocycles. The van der Waals surface area contributed by atoms with Crippen LogP contribution in [0.25, 0.3) is 10.8 Å². The average molecular weight is 445 g/mol.